The second kappa shape index (κ2) is 34.1. The first-order valence-electron chi connectivity index (χ1n) is 34.5. The minimum Gasteiger partial charge on any atom is -0.493 e. The summed E-state index contributed by atoms with van der Waals surface area (Å²) in [5, 5.41) is 55.6. The molecule has 0 radical (unpaired) electrons. The molecule has 12 rings (SSSR count). The zero-order valence-corrected chi connectivity index (χ0v) is 61.0. The Labute approximate surface area is 626 Å². The number of aliphatic hydroxyl groups is 4. The van der Waals surface area contributed by atoms with E-state index in [1.54, 1.807) is 58.8 Å². The first kappa shape index (κ1) is 77.7. The number of aryl methyl sites for hydroxylation is 1. The third-order valence-electron chi connectivity index (χ3n) is 18.2. The fourth-order valence-electron chi connectivity index (χ4n) is 12.5. The van der Waals surface area contributed by atoms with Crippen molar-refractivity contribution in [3.63, 3.8) is 0 Å². The molecule has 34 heteroatoms. The molecule has 1 unspecified atom stereocenters. The molecule has 7 aromatic rings. The quantitative estimate of drug-likeness (QED) is 0.0178. The topological polar surface area (TPSA) is 413 Å². The van der Waals surface area contributed by atoms with E-state index in [1.807, 2.05) is 6.92 Å². The van der Waals surface area contributed by atoms with E-state index in [0.29, 0.717) is 54.1 Å². The summed E-state index contributed by atoms with van der Waals surface area (Å²) in [6.45, 7) is 9.91. The van der Waals surface area contributed by atoms with Crippen LogP contribution in [0.2, 0.25) is 0 Å². The highest BCUT2D eigenvalue weighted by Gasteiger charge is 2.45. The number of nitrogens with one attached hydrogen (secondary N) is 2. The van der Waals surface area contributed by atoms with Gasteiger partial charge in [0.05, 0.1) is 105 Å². The molecule has 4 amide bonds. The molecule has 0 spiro atoms. The number of amides is 4. The number of rotatable bonds is 33. The van der Waals surface area contributed by atoms with E-state index in [0.717, 1.165) is 28.8 Å². The summed E-state index contributed by atoms with van der Waals surface area (Å²) < 4.78 is 114. The Kier molecular flexibility index (Phi) is 24.3. The van der Waals surface area contributed by atoms with E-state index < -0.39 is 80.9 Å². The molecule has 32 nitrogen and oxygen atoms in total. The highest BCUT2D eigenvalue weighted by atomic mass is 32.3. The molecule has 5 aliphatic heterocycles. The Morgan fingerprint density at radius 2 is 1.19 bits per heavy atom. The van der Waals surface area contributed by atoms with Crippen molar-refractivity contribution >= 4 is 73.5 Å². The van der Waals surface area contributed by atoms with Crippen LogP contribution in [0.4, 0.5) is 11.4 Å². The predicted octanol–water partition coefficient (Wildman–Crippen LogP) is 5.06. The highest BCUT2D eigenvalue weighted by Crippen LogP contribution is 2.42. The standard InChI is InChI=1S/C75H79N9O23S2/c1-43-6-13-55(14-7-43)108(94,95)23-16-60(86)48-8-10-49(11-9-48)71(90)76-18-21-101-42-51-38-82(81-80-51)19-22-100-20-17-77-72(91)50-12-15-61(104-75-70(89)69(88)68(87)67(39-85)105-75)66(29-50)107-109(96,97)106-54-27-46(40-102-64-32-58-56(30-62(64)98-4)73(92)83-36-44(2)24-52(83)34-78-58)26-47(28-54)41-103-65-33-59-57(31-63(65)99-5)74(93)84-37-45(3)25-53(84)35-79-59/h6-15,26-35,38,52-53,67-70,75,85,87-89H,2-3,16-25,36-37,39-42H2,1,4-5H3,(H,76,90)(H,77,91)/t52-,53-,67+,68-,69-,70+,75?/m0/s1. The van der Waals surface area contributed by atoms with Gasteiger partial charge >= 0.3 is 10.4 Å². The average molecular weight is 1540 g/mol. The lowest BCUT2D eigenvalue weighted by Crippen LogP contribution is -2.60. The molecule has 574 valence electrons. The molecule has 0 saturated carbocycles. The van der Waals surface area contributed by atoms with Gasteiger partial charge in [-0.2, -0.15) is 0 Å². The molecule has 6 aromatic carbocycles. The van der Waals surface area contributed by atoms with Gasteiger partial charge in [-0.15, -0.1) is 13.5 Å². The number of aliphatic hydroxyl groups excluding tert-OH is 4. The zero-order valence-electron chi connectivity index (χ0n) is 59.4. The number of Topliss-reactive ketones (excluding diaryl/α,β-unsaturated/α-hetero) is 1. The number of methoxy groups -OCH3 is 2. The van der Waals surface area contributed by atoms with Crippen LogP contribution in [0.25, 0.3) is 0 Å². The van der Waals surface area contributed by atoms with Gasteiger partial charge in [-0.3, -0.25) is 34.0 Å². The molecule has 109 heavy (non-hydrogen) atoms. The van der Waals surface area contributed by atoms with Crippen LogP contribution >= 0.6 is 0 Å². The number of carbonyl (C=O) groups is 5. The largest absolute Gasteiger partial charge is 0.501 e. The molecule has 0 aliphatic carbocycles. The van der Waals surface area contributed by atoms with Crippen LogP contribution in [0.5, 0.6) is 40.2 Å². The van der Waals surface area contributed by atoms with Gasteiger partial charge < -0.3 is 87.1 Å². The number of benzene rings is 6. The molecule has 6 N–H and O–H groups in total. The molecule has 1 aromatic heterocycles. The number of ketones is 1. The van der Waals surface area contributed by atoms with Crippen molar-refractivity contribution in [3.8, 4) is 40.2 Å². The summed E-state index contributed by atoms with van der Waals surface area (Å²) in [5.41, 5.74) is 5.31. The van der Waals surface area contributed by atoms with Crippen molar-refractivity contribution in [3.05, 3.63) is 190 Å². The normalized spacial score (nSPS) is 19.4. The van der Waals surface area contributed by atoms with Gasteiger partial charge in [0.15, 0.2) is 50.1 Å². The summed E-state index contributed by atoms with van der Waals surface area (Å²) >= 11 is 0. The number of nitrogens with zero attached hydrogens (tertiary/aromatic N) is 7. The first-order chi connectivity index (χ1) is 52.3. The minimum atomic E-state index is -5.32. The lowest BCUT2D eigenvalue weighted by Gasteiger charge is -2.39. The Morgan fingerprint density at radius 1 is 0.624 bits per heavy atom. The van der Waals surface area contributed by atoms with Gasteiger partial charge in [-0.25, -0.2) is 13.1 Å². The highest BCUT2D eigenvalue weighted by molar-refractivity contribution is 7.91. The molecular weight excluding hydrogens is 1460 g/mol. The fourth-order valence-corrected chi connectivity index (χ4v) is 14.4. The summed E-state index contributed by atoms with van der Waals surface area (Å²) in [5.74, 6) is -3.27. The van der Waals surface area contributed by atoms with Gasteiger partial charge in [0, 0.05) is 73.9 Å². The molecule has 5 aliphatic rings. The Morgan fingerprint density at radius 3 is 1.78 bits per heavy atom. The second-order valence-corrected chi connectivity index (χ2v) is 29.4. The van der Waals surface area contributed by atoms with Gasteiger partial charge in [0.2, 0.25) is 6.29 Å². The Bertz CT molecular complexity index is 4790. The predicted molar refractivity (Wildman–Crippen MR) is 389 cm³/mol. The van der Waals surface area contributed by atoms with Gasteiger partial charge in [-0.05, 0) is 104 Å². The molecule has 3 saturated heterocycles. The van der Waals surface area contributed by atoms with E-state index in [4.69, 9.17) is 46.3 Å². The van der Waals surface area contributed by atoms with Crippen LogP contribution in [-0.4, -0.2) is 219 Å². The second-order valence-electron chi connectivity index (χ2n) is 26.2. The number of aromatic nitrogens is 3. The fraction of sp³-hybridized carbons (Fsp3) is 0.347. The maximum Gasteiger partial charge on any atom is 0.501 e. The van der Waals surface area contributed by atoms with Gasteiger partial charge in [0.25, 0.3) is 23.6 Å². The Balaban J connectivity index is 0.679. The van der Waals surface area contributed by atoms with E-state index in [-0.39, 0.29) is 163 Å². The third-order valence-corrected chi connectivity index (χ3v) is 20.7. The number of carbonyl (C=O) groups excluding carboxylic acids is 5. The van der Waals surface area contributed by atoms with Crippen LogP contribution in [0, 0.1) is 6.92 Å². The number of ether oxygens (including phenoxy) is 8. The lowest BCUT2D eigenvalue weighted by atomic mass is 9.99. The van der Waals surface area contributed by atoms with Crippen molar-refractivity contribution in [1.82, 2.24) is 35.4 Å². The number of hydrogen-bond donors (Lipinski definition) is 6. The molecule has 0 bridgehead atoms. The molecule has 6 heterocycles. The van der Waals surface area contributed by atoms with Crippen LogP contribution in [0.15, 0.2) is 155 Å². The maximum atomic E-state index is 14.4. The maximum absolute atomic E-state index is 14.4. The SMILES string of the molecule is C=C1C[C@H]2C=Nc3cc(OCc4cc(COc5cc6c(cc5OC)C(=O)N5CC(=C)C[C@H]5C=N6)cc(OS(=O)(=O)Oc5cc(C(=O)NCCOCCn6cc(COCCNC(=O)c7ccc(C(=O)CCS(=O)(=O)c8ccc(C)cc8)cc7)nn6)ccc5OC5O[C@H](CO)[C@H](O)[C@H](O)[C@H]5O)c4)c(OC)cc3C(=O)N2C1. The third kappa shape index (κ3) is 18.8. The van der Waals surface area contributed by atoms with Crippen LogP contribution in [0.1, 0.15) is 93.4 Å². The number of sulfone groups is 1. The monoisotopic (exact) mass is 1540 g/mol. The molecule has 7 atom stereocenters. The first-order valence-corrected chi connectivity index (χ1v) is 37.5. The van der Waals surface area contributed by atoms with Crippen LogP contribution < -0.4 is 42.7 Å². The minimum absolute atomic E-state index is 0.00769. The Hall–Kier alpha value is -11.0. The molecular formula is C75H79N9O23S2. The van der Waals surface area contributed by atoms with E-state index >= 15 is 0 Å². The van der Waals surface area contributed by atoms with Crippen molar-refractivity contribution in [1.29, 1.82) is 0 Å². The van der Waals surface area contributed by atoms with Crippen molar-refractivity contribution in [2.75, 3.05) is 72.6 Å². The van der Waals surface area contributed by atoms with Crippen molar-refractivity contribution < 1.29 is 107 Å². The van der Waals surface area contributed by atoms with E-state index in [9.17, 15) is 61.2 Å². The number of fused-ring (bicyclic) bond motifs is 4. The van der Waals surface area contributed by atoms with Crippen LogP contribution in [0.3, 0.4) is 0 Å². The van der Waals surface area contributed by atoms with Crippen LogP contribution in [-0.2, 0) is 60.8 Å². The summed E-state index contributed by atoms with van der Waals surface area (Å²) in [4.78, 5) is 79.7. The zero-order chi connectivity index (χ0) is 77.3. The summed E-state index contributed by atoms with van der Waals surface area (Å²) in [6, 6.07) is 25.5. The lowest BCUT2D eigenvalue weighted by molar-refractivity contribution is -0.277. The van der Waals surface area contributed by atoms with Crippen molar-refractivity contribution in [2.45, 2.75) is 100 Å². The number of aliphatic imine (C=N–C) groups is 2. The van der Waals surface area contributed by atoms with E-state index in [1.165, 1.54) is 85.6 Å². The number of hydrogen-bond acceptors (Lipinski definition) is 27. The molecule has 3 fully saturated rings. The van der Waals surface area contributed by atoms with Gasteiger partial charge in [0.1, 0.15) is 49.1 Å². The average Bonchev–Trinajstić information content (AvgIpc) is 1.74. The van der Waals surface area contributed by atoms with E-state index in [2.05, 4.69) is 44.1 Å². The van der Waals surface area contributed by atoms with Gasteiger partial charge in [-0.1, -0.05) is 59.3 Å². The smallest absolute Gasteiger partial charge is 0.493 e. The summed E-state index contributed by atoms with van der Waals surface area (Å²) in [7, 11) is -6.18. The van der Waals surface area contributed by atoms with Crippen molar-refractivity contribution in [2.24, 2.45) is 9.98 Å². The summed E-state index contributed by atoms with van der Waals surface area (Å²) in [6.07, 6.45) is -3.08.